The van der Waals surface area contributed by atoms with Gasteiger partial charge in [-0.25, -0.2) is 0 Å². The van der Waals surface area contributed by atoms with Crippen molar-refractivity contribution in [1.29, 1.82) is 0 Å². The van der Waals surface area contributed by atoms with Crippen LogP contribution >= 0.6 is 7.14 Å². The molecule has 0 aromatic heterocycles. The number of carbonyl (C=O) groups is 1. The number of hydrogen-bond donors (Lipinski definition) is 0. The second-order valence-corrected chi connectivity index (χ2v) is 6.30. The summed E-state index contributed by atoms with van der Waals surface area (Å²) in [4.78, 5) is 10.8. The number of ketones is 1. The Morgan fingerprint density at radius 1 is 1.50 bits per heavy atom. The monoisotopic (exact) mass is 158 g/mol. The molecule has 0 aromatic rings. The maximum absolute atomic E-state index is 11.4. The molecule has 3 heteroatoms. The van der Waals surface area contributed by atoms with Crippen molar-refractivity contribution >= 4 is 12.9 Å². The van der Waals surface area contributed by atoms with Gasteiger partial charge in [-0.05, 0) is 19.7 Å². The second kappa shape index (κ2) is 2.35. The summed E-state index contributed by atoms with van der Waals surface area (Å²) in [6.45, 7) is 3.55. The molecule has 0 fully saturated rings. The van der Waals surface area contributed by atoms with E-state index in [4.69, 9.17) is 0 Å². The normalized spacial score (nSPS) is 33.8. The summed E-state index contributed by atoms with van der Waals surface area (Å²) in [5.74, 6) is 0.0228. The van der Waals surface area contributed by atoms with E-state index in [9.17, 15) is 9.36 Å². The molecule has 0 radical (unpaired) electrons. The van der Waals surface area contributed by atoms with Crippen LogP contribution in [0.3, 0.4) is 0 Å². The topological polar surface area (TPSA) is 34.1 Å². The van der Waals surface area contributed by atoms with Gasteiger partial charge in [0.05, 0.1) is 13.3 Å². The maximum Gasteiger partial charge on any atom is 0.162 e. The molecule has 1 heterocycles. The smallest absolute Gasteiger partial charge is 0.162 e. The molecule has 0 saturated heterocycles. The molecular weight excluding hydrogens is 147 g/mol. The van der Waals surface area contributed by atoms with E-state index in [-0.39, 0.29) is 11.9 Å². The molecule has 0 saturated carbocycles. The van der Waals surface area contributed by atoms with Gasteiger partial charge in [0.15, 0.2) is 5.78 Å². The number of allylic oxidation sites excluding steroid dienone is 2. The van der Waals surface area contributed by atoms with Gasteiger partial charge in [-0.2, -0.15) is 0 Å². The molecule has 0 bridgehead atoms. The Balaban J connectivity index is 2.91. The minimum absolute atomic E-state index is 0.0228. The Kier molecular flexibility index (Phi) is 1.82. The van der Waals surface area contributed by atoms with Gasteiger partial charge in [0.25, 0.3) is 0 Å². The lowest BCUT2D eigenvalue weighted by Gasteiger charge is -2.15. The molecule has 0 aliphatic carbocycles. The van der Waals surface area contributed by atoms with Crippen LogP contribution in [0.1, 0.15) is 6.92 Å². The van der Waals surface area contributed by atoms with Gasteiger partial charge in [0, 0.05) is 6.16 Å². The quantitative estimate of drug-likeness (QED) is 0.501. The van der Waals surface area contributed by atoms with E-state index in [1.165, 1.54) is 0 Å². The molecule has 10 heavy (non-hydrogen) atoms. The van der Waals surface area contributed by atoms with Crippen molar-refractivity contribution in [1.82, 2.24) is 0 Å². The zero-order valence-electron chi connectivity index (χ0n) is 6.26. The molecule has 1 aliphatic heterocycles. The van der Waals surface area contributed by atoms with Gasteiger partial charge < -0.3 is 4.57 Å². The van der Waals surface area contributed by atoms with Gasteiger partial charge in [-0.3, -0.25) is 4.79 Å². The van der Waals surface area contributed by atoms with Crippen molar-refractivity contribution in [3.05, 3.63) is 11.6 Å². The van der Waals surface area contributed by atoms with E-state index >= 15 is 0 Å². The molecule has 0 N–H and O–H groups in total. The summed E-state index contributed by atoms with van der Waals surface area (Å²) >= 11 is 0. The molecule has 1 rings (SSSR count). The minimum atomic E-state index is -2.12. The van der Waals surface area contributed by atoms with Crippen LogP contribution in [0.5, 0.6) is 0 Å². The average molecular weight is 158 g/mol. The fourth-order valence-electron chi connectivity index (χ4n) is 1.28. The summed E-state index contributed by atoms with van der Waals surface area (Å²) in [5.41, 5.74) is 0.960. The molecule has 0 aromatic carbocycles. The molecule has 1 unspecified atom stereocenters. The third-order valence-corrected chi connectivity index (χ3v) is 3.63. The highest BCUT2D eigenvalue weighted by Crippen LogP contribution is 2.44. The van der Waals surface area contributed by atoms with Crippen LogP contribution in [0.25, 0.3) is 0 Å². The van der Waals surface area contributed by atoms with Crippen LogP contribution in [-0.4, -0.2) is 24.8 Å². The maximum atomic E-state index is 11.4. The molecule has 2 nitrogen and oxygen atoms in total. The van der Waals surface area contributed by atoms with Crippen LogP contribution in [0.15, 0.2) is 11.6 Å². The zero-order chi connectivity index (χ0) is 7.78. The Bertz CT molecular complexity index is 240. The fourth-order valence-corrected chi connectivity index (χ4v) is 3.29. The average Bonchev–Trinajstić information content (AvgIpc) is 1.54. The fraction of sp³-hybridized carbons (Fsp3) is 0.571. The Morgan fingerprint density at radius 3 is 2.50 bits per heavy atom. The Labute approximate surface area is 60.7 Å². The molecule has 0 amide bonds. The first-order chi connectivity index (χ1) is 4.49. The predicted molar refractivity (Wildman–Crippen MR) is 42.0 cm³/mol. The Morgan fingerprint density at radius 2 is 2.10 bits per heavy atom. The van der Waals surface area contributed by atoms with Gasteiger partial charge in [-0.1, -0.05) is 5.57 Å². The number of hydrogen-bond acceptors (Lipinski definition) is 2. The summed E-state index contributed by atoms with van der Waals surface area (Å²) < 4.78 is 11.4. The van der Waals surface area contributed by atoms with Gasteiger partial charge in [0.2, 0.25) is 0 Å². The SMILES string of the molecule is CC1=CC(=O)CP(C)(=O)C1. The second-order valence-electron chi connectivity index (χ2n) is 3.07. The highest BCUT2D eigenvalue weighted by molar-refractivity contribution is 7.64. The van der Waals surface area contributed by atoms with E-state index in [1.54, 1.807) is 12.7 Å². The van der Waals surface area contributed by atoms with Crippen LogP contribution < -0.4 is 0 Å². The van der Waals surface area contributed by atoms with Crippen molar-refractivity contribution in [2.75, 3.05) is 19.0 Å². The molecular formula is C7H11O2P. The van der Waals surface area contributed by atoms with Gasteiger partial charge in [-0.15, -0.1) is 0 Å². The van der Waals surface area contributed by atoms with E-state index in [0.29, 0.717) is 6.16 Å². The zero-order valence-corrected chi connectivity index (χ0v) is 7.15. The standard InChI is InChI=1S/C7H11O2P/c1-6-3-7(8)5-10(2,9)4-6/h3H,4-5H2,1-2H3. The van der Waals surface area contributed by atoms with Crippen molar-refractivity contribution in [2.24, 2.45) is 0 Å². The summed E-state index contributed by atoms with van der Waals surface area (Å²) in [6, 6.07) is 0. The Hall–Kier alpha value is -0.360. The van der Waals surface area contributed by atoms with Gasteiger partial charge >= 0.3 is 0 Å². The van der Waals surface area contributed by atoms with E-state index < -0.39 is 7.14 Å². The van der Waals surface area contributed by atoms with Crippen molar-refractivity contribution in [3.8, 4) is 0 Å². The first-order valence-corrected chi connectivity index (χ1v) is 5.78. The van der Waals surface area contributed by atoms with Crippen LogP contribution in [0.2, 0.25) is 0 Å². The summed E-state index contributed by atoms with van der Waals surface area (Å²) in [7, 11) is -2.12. The lowest BCUT2D eigenvalue weighted by atomic mass is 10.2. The third kappa shape index (κ3) is 1.81. The van der Waals surface area contributed by atoms with Crippen LogP contribution in [-0.2, 0) is 9.36 Å². The molecule has 0 spiro atoms. The highest BCUT2D eigenvalue weighted by Gasteiger charge is 2.23. The van der Waals surface area contributed by atoms with Crippen molar-refractivity contribution in [3.63, 3.8) is 0 Å². The van der Waals surface area contributed by atoms with Gasteiger partial charge in [0.1, 0.15) is 0 Å². The van der Waals surface area contributed by atoms with E-state index in [2.05, 4.69) is 0 Å². The number of carbonyl (C=O) groups excluding carboxylic acids is 1. The predicted octanol–water partition coefficient (Wildman–Crippen LogP) is 1.51. The molecule has 1 atom stereocenters. The van der Waals surface area contributed by atoms with Crippen molar-refractivity contribution < 1.29 is 9.36 Å². The summed E-state index contributed by atoms with van der Waals surface area (Å²) in [6.07, 6.45) is 2.49. The molecule has 56 valence electrons. The minimum Gasteiger partial charge on any atom is -0.323 e. The first kappa shape index (κ1) is 7.74. The number of rotatable bonds is 0. The summed E-state index contributed by atoms with van der Waals surface area (Å²) in [5, 5.41) is 0. The molecule has 1 aliphatic rings. The van der Waals surface area contributed by atoms with E-state index in [0.717, 1.165) is 5.57 Å². The van der Waals surface area contributed by atoms with Crippen molar-refractivity contribution in [2.45, 2.75) is 6.92 Å². The lowest BCUT2D eigenvalue weighted by molar-refractivity contribution is -0.112. The largest absolute Gasteiger partial charge is 0.323 e. The lowest BCUT2D eigenvalue weighted by Crippen LogP contribution is -2.11. The third-order valence-electron chi connectivity index (χ3n) is 1.48. The van der Waals surface area contributed by atoms with E-state index in [1.807, 2.05) is 6.92 Å². The first-order valence-electron chi connectivity index (χ1n) is 3.25. The van der Waals surface area contributed by atoms with Crippen LogP contribution in [0.4, 0.5) is 0 Å². The van der Waals surface area contributed by atoms with Crippen LogP contribution in [0, 0.1) is 0 Å². The highest BCUT2D eigenvalue weighted by atomic mass is 31.2.